The minimum Gasteiger partial charge on any atom is -0.481 e. The lowest BCUT2D eigenvalue weighted by Gasteiger charge is -2.46. The summed E-state index contributed by atoms with van der Waals surface area (Å²) in [6.45, 7) is 8.68. The minimum absolute atomic E-state index is 0.111. The van der Waals surface area contributed by atoms with Crippen molar-refractivity contribution in [1.29, 1.82) is 0 Å². The Morgan fingerprint density at radius 3 is 2.18 bits per heavy atom. The van der Waals surface area contributed by atoms with Gasteiger partial charge in [0.25, 0.3) is 0 Å². The lowest BCUT2D eigenvalue weighted by molar-refractivity contribution is -0.141. The maximum absolute atomic E-state index is 11.0. The van der Waals surface area contributed by atoms with Gasteiger partial charge < -0.3 is 9.29 Å². The van der Waals surface area contributed by atoms with Gasteiger partial charge in [-0.05, 0) is 31.3 Å². The number of carbonyl (C=O) groups is 1. The van der Waals surface area contributed by atoms with Gasteiger partial charge in [-0.25, -0.2) is 0 Å². The van der Waals surface area contributed by atoms with E-state index < -0.39 is 16.3 Å². The van der Waals surface area contributed by atoms with Crippen molar-refractivity contribution in [2.24, 2.45) is 11.8 Å². The number of aliphatic carboxylic acids is 1. The first-order valence-corrected chi connectivity index (χ1v) is 8.56. The van der Waals surface area contributed by atoms with E-state index in [1.165, 1.54) is 0 Å². The lowest BCUT2D eigenvalue weighted by Crippen LogP contribution is -2.30. The van der Waals surface area contributed by atoms with Gasteiger partial charge in [0.2, 0.25) is 0 Å². The van der Waals surface area contributed by atoms with Crippen molar-refractivity contribution in [2.45, 2.75) is 51.4 Å². The number of hydrogen-bond donors (Lipinski definition) is 1. The molecule has 0 spiro atoms. The minimum atomic E-state index is -1.16. The monoisotopic (exact) mass is 262 g/mol. The molecule has 0 aromatic carbocycles. The van der Waals surface area contributed by atoms with Crippen LogP contribution in [0.2, 0.25) is 0 Å². The fraction of sp³-hybridized carbons (Fsp3) is 0.923. The van der Waals surface area contributed by atoms with Gasteiger partial charge in [0.05, 0.1) is 12.0 Å². The lowest BCUT2D eigenvalue weighted by atomic mass is 10.1. The van der Waals surface area contributed by atoms with E-state index in [1.807, 2.05) is 0 Å². The normalized spacial score (nSPS) is 31.5. The summed E-state index contributed by atoms with van der Waals surface area (Å²) in [6.07, 6.45) is 5.88. The third-order valence-corrected chi connectivity index (χ3v) is 7.67. The Morgan fingerprint density at radius 2 is 1.82 bits per heavy atom. The summed E-state index contributed by atoms with van der Waals surface area (Å²) in [5.41, 5.74) is 0. The van der Waals surface area contributed by atoms with Crippen LogP contribution in [0.15, 0.2) is 0 Å². The fourth-order valence-electron chi connectivity index (χ4n) is 2.00. The summed E-state index contributed by atoms with van der Waals surface area (Å²) >= 11 is 0. The highest BCUT2D eigenvalue weighted by Crippen LogP contribution is 2.56. The van der Waals surface area contributed by atoms with E-state index in [0.29, 0.717) is 12.3 Å². The van der Waals surface area contributed by atoms with Gasteiger partial charge in [-0.15, -0.1) is 10.3 Å². The Bertz CT molecular complexity index is 294. The molecule has 3 atom stereocenters. The highest BCUT2D eigenvalue weighted by atomic mass is 32.3. The SMILES string of the molecule is C[C@@H]1C[C@H](C(=O)O)C[C@@H]1OS(C)(C)C(C)(C)C. The first-order chi connectivity index (χ1) is 7.54. The highest BCUT2D eigenvalue weighted by Gasteiger charge is 2.40. The molecule has 102 valence electrons. The maximum atomic E-state index is 11.0. The summed E-state index contributed by atoms with van der Waals surface area (Å²) < 4.78 is 6.41. The molecule has 0 saturated heterocycles. The summed E-state index contributed by atoms with van der Waals surface area (Å²) in [6, 6.07) is 0. The van der Waals surface area contributed by atoms with Crippen molar-refractivity contribution in [3.63, 3.8) is 0 Å². The van der Waals surface area contributed by atoms with Gasteiger partial charge in [0, 0.05) is 4.75 Å². The van der Waals surface area contributed by atoms with E-state index in [4.69, 9.17) is 9.29 Å². The Kier molecular flexibility index (Phi) is 4.20. The predicted molar refractivity (Wildman–Crippen MR) is 73.6 cm³/mol. The van der Waals surface area contributed by atoms with Gasteiger partial charge in [-0.3, -0.25) is 4.79 Å². The molecule has 0 unspecified atom stereocenters. The van der Waals surface area contributed by atoms with Crippen LogP contribution in [0.3, 0.4) is 0 Å². The Labute approximate surface area is 106 Å². The fourth-order valence-corrected chi connectivity index (χ4v) is 3.17. The van der Waals surface area contributed by atoms with Crippen LogP contribution < -0.4 is 0 Å². The third-order valence-electron chi connectivity index (χ3n) is 4.00. The summed E-state index contributed by atoms with van der Waals surface area (Å²) in [5, 5.41) is 9.06. The molecule has 0 aromatic heterocycles. The van der Waals surface area contributed by atoms with Crippen LogP contribution in [0, 0.1) is 11.8 Å². The van der Waals surface area contributed by atoms with Crippen LogP contribution >= 0.6 is 10.3 Å². The van der Waals surface area contributed by atoms with Crippen LogP contribution in [-0.4, -0.2) is 34.4 Å². The van der Waals surface area contributed by atoms with Gasteiger partial charge >= 0.3 is 5.97 Å². The average molecular weight is 262 g/mol. The predicted octanol–water partition coefficient (Wildman–Crippen LogP) is 3.28. The molecular weight excluding hydrogens is 236 g/mol. The molecule has 4 heteroatoms. The van der Waals surface area contributed by atoms with E-state index in [9.17, 15) is 4.79 Å². The molecule has 1 N–H and O–H groups in total. The molecule has 17 heavy (non-hydrogen) atoms. The zero-order chi connectivity index (χ0) is 13.4. The van der Waals surface area contributed by atoms with Gasteiger partial charge in [0.15, 0.2) is 0 Å². The smallest absolute Gasteiger partial charge is 0.306 e. The van der Waals surface area contributed by atoms with Gasteiger partial charge in [0.1, 0.15) is 0 Å². The van der Waals surface area contributed by atoms with E-state index in [1.54, 1.807) is 0 Å². The number of carboxylic acid groups (broad SMARTS) is 1. The van der Waals surface area contributed by atoms with Gasteiger partial charge in [-0.2, -0.15) is 0 Å². The molecule has 1 rings (SSSR count). The van der Waals surface area contributed by atoms with Crippen LogP contribution in [0.25, 0.3) is 0 Å². The molecule has 0 heterocycles. The maximum Gasteiger partial charge on any atom is 0.306 e. The zero-order valence-electron chi connectivity index (χ0n) is 11.8. The first-order valence-electron chi connectivity index (χ1n) is 6.18. The highest BCUT2D eigenvalue weighted by molar-refractivity contribution is 8.29. The topological polar surface area (TPSA) is 46.5 Å². The average Bonchev–Trinajstić information content (AvgIpc) is 2.45. The molecule has 1 fully saturated rings. The molecule has 0 radical (unpaired) electrons. The molecule has 1 saturated carbocycles. The van der Waals surface area contributed by atoms with Gasteiger partial charge in [-0.1, -0.05) is 27.7 Å². The summed E-state index contributed by atoms with van der Waals surface area (Å²) in [7, 11) is -1.16. The van der Waals surface area contributed by atoms with E-state index >= 15 is 0 Å². The third kappa shape index (κ3) is 3.38. The molecule has 0 aliphatic heterocycles. The molecular formula is C13H26O3S. The quantitative estimate of drug-likeness (QED) is 0.849. The van der Waals surface area contributed by atoms with Crippen molar-refractivity contribution in [2.75, 3.05) is 12.5 Å². The van der Waals surface area contributed by atoms with Crippen molar-refractivity contribution in [3.8, 4) is 0 Å². The summed E-state index contributed by atoms with van der Waals surface area (Å²) in [4.78, 5) is 11.0. The van der Waals surface area contributed by atoms with Crippen LogP contribution in [0.1, 0.15) is 40.5 Å². The van der Waals surface area contributed by atoms with Crippen molar-refractivity contribution < 1.29 is 14.1 Å². The second kappa shape index (κ2) is 4.81. The molecule has 1 aliphatic rings. The number of hydrogen-bond acceptors (Lipinski definition) is 2. The van der Waals surface area contributed by atoms with Crippen LogP contribution in [0.5, 0.6) is 0 Å². The first kappa shape index (κ1) is 14.8. The largest absolute Gasteiger partial charge is 0.481 e. The Morgan fingerprint density at radius 1 is 1.29 bits per heavy atom. The zero-order valence-corrected chi connectivity index (χ0v) is 12.6. The Hall–Kier alpha value is -0.220. The second-order valence-corrected chi connectivity index (χ2v) is 10.3. The van der Waals surface area contributed by atoms with E-state index in [0.717, 1.165) is 6.42 Å². The van der Waals surface area contributed by atoms with Crippen molar-refractivity contribution >= 4 is 16.3 Å². The molecule has 1 aliphatic carbocycles. The Balaban J connectivity index is 2.68. The molecule has 0 aromatic rings. The van der Waals surface area contributed by atoms with Crippen molar-refractivity contribution in [3.05, 3.63) is 0 Å². The molecule has 3 nitrogen and oxygen atoms in total. The van der Waals surface area contributed by atoms with Crippen LogP contribution in [0.4, 0.5) is 0 Å². The van der Waals surface area contributed by atoms with Crippen LogP contribution in [-0.2, 0) is 8.98 Å². The van der Waals surface area contributed by atoms with Crippen molar-refractivity contribution in [1.82, 2.24) is 0 Å². The van der Waals surface area contributed by atoms with E-state index in [2.05, 4.69) is 40.2 Å². The second-order valence-electron chi connectivity index (χ2n) is 6.46. The molecule has 0 bridgehead atoms. The van der Waals surface area contributed by atoms with E-state index in [-0.39, 0.29) is 16.8 Å². The molecule has 0 amide bonds. The standard InChI is InChI=1S/C13H26O3S/c1-9-7-10(12(14)15)8-11(9)16-17(5,6)13(2,3)4/h9-11H,7-8H2,1-6H3,(H,14,15)/t9-,10+,11+/m1/s1. The summed E-state index contributed by atoms with van der Waals surface area (Å²) in [5.74, 6) is -0.540. The number of carboxylic acids is 1. The number of rotatable bonds is 3.